The fourth-order valence-corrected chi connectivity index (χ4v) is 2.38. The highest BCUT2D eigenvalue weighted by Gasteiger charge is 2.27. The SMILES string of the molecule is CCOC(=O)[C@@H](C)C[C@@H](NC(=O)c1ccc2ccccc2n1)C(=O)O. The van der Waals surface area contributed by atoms with E-state index in [1.165, 1.54) is 6.07 Å². The standard InChI is InChI=1S/C18H20N2O5/c1-3-25-18(24)11(2)10-15(17(22)23)20-16(21)14-9-8-12-6-4-5-7-13(12)19-14/h4-9,11,15H,3,10H2,1-2H3,(H,20,21)(H,22,23)/t11-,15+/m0/s1. The van der Waals surface area contributed by atoms with Gasteiger partial charge < -0.3 is 15.2 Å². The average Bonchev–Trinajstić information content (AvgIpc) is 2.60. The third-order valence-electron chi connectivity index (χ3n) is 3.71. The topological polar surface area (TPSA) is 106 Å². The van der Waals surface area contributed by atoms with E-state index >= 15 is 0 Å². The second-order valence-electron chi connectivity index (χ2n) is 5.64. The quantitative estimate of drug-likeness (QED) is 0.744. The van der Waals surface area contributed by atoms with Crippen LogP contribution in [0.15, 0.2) is 36.4 Å². The second kappa shape index (κ2) is 8.23. The number of nitrogens with one attached hydrogen (secondary N) is 1. The van der Waals surface area contributed by atoms with E-state index in [0.29, 0.717) is 5.52 Å². The molecular formula is C18H20N2O5. The van der Waals surface area contributed by atoms with Gasteiger partial charge in [-0.3, -0.25) is 9.59 Å². The molecule has 1 amide bonds. The number of ether oxygens (including phenoxy) is 1. The third-order valence-corrected chi connectivity index (χ3v) is 3.71. The molecule has 2 N–H and O–H groups in total. The fourth-order valence-electron chi connectivity index (χ4n) is 2.38. The number of aliphatic carboxylic acids is 1. The van der Waals surface area contributed by atoms with Crippen LogP contribution < -0.4 is 5.32 Å². The van der Waals surface area contributed by atoms with Crippen molar-refractivity contribution >= 4 is 28.7 Å². The van der Waals surface area contributed by atoms with Crippen molar-refractivity contribution in [2.24, 2.45) is 5.92 Å². The van der Waals surface area contributed by atoms with Crippen LogP contribution in [0.5, 0.6) is 0 Å². The number of nitrogens with zero attached hydrogens (tertiary/aromatic N) is 1. The number of para-hydroxylation sites is 1. The fraction of sp³-hybridized carbons (Fsp3) is 0.333. The van der Waals surface area contributed by atoms with E-state index in [2.05, 4.69) is 10.3 Å². The molecule has 0 saturated carbocycles. The molecule has 0 unspecified atom stereocenters. The van der Waals surface area contributed by atoms with Crippen LogP contribution in [-0.4, -0.2) is 40.6 Å². The van der Waals surface area contributed by atoms with E-state index < -0.39 is 29.8 Å². The highest BCUT2D eigenvalue weighted by Crippen LogP contribution is 2.13. The molecule has 2 rings (SSSR count). The Morgan fingerprint density at radius 1 is 1.20 bits per heavy atom. The number of aromatic nitrogens is 1. The minimum absolute atomic E-state index is 0.0620. The number of carboxylic acids is 1. The molecule has 2 atom stereocenters. The van der Waals surface area contributed by atoms with Crippen molar-refractivity contribution in [1.82, 2.24) is 10.3 Å². The van der Waals surface area contributed by atoms with Gasteiger partial charge in [-0.05, 0) is 25.5 Å². The molecule has 7 heteroatoms. The van der Waals surface area contributed by atoms with Gasteiger partial charge >= 0.3 is 11.9 Å². The Hall–Kier alpha value is -2.96. The van der Waals surface area contributed by atoms with Gasteiger partial charge in [0.15, 0.2) is 0 Å². The number of rotatable bonds is 7. The molecule has 0 saturated heterocycles. The first-order valence-corrected chi connectivity index (χ1v) is 7.98. The average molecular weight is 344 g/mol. The summed E-state index contributed by atoms with van der Waals surface area (Å²) in [5.41, 5.74) is 0.760. The zero-order chi connectivity index (χ0) is 18.4. The zero-order valence-corrected chi connectivity index (χ0v) is 14.1. The first kappa shape index (κ1) is 18.4. The Morgan fingerprint density at radius 3 is 2.60 bits per heavy atom. The zero-order valence-electron chi connectivity index (χ0n) is 14.1. The van der Waals surface area contributed by atoms with Crippen LogP contribution in [0, 0.1) is 5.92 Å². The Kier molecular flexibility index (Phi) is 6.05. The number of pyridine rings is 1. The molecule has 132 valence electrons. The van der Waals surface area contributed by atoms with Gasteiger partial charge in [-0.1, -0.05) is 31.2 Å². The van der Waals surface area contributed by atoms with E-state index in [0.717, 1.165) is 5.39 Å². The molecule has 0 aliphatic carbocycles. The molecule has 0 fully saturated rings. The number of fused-ring (bicyclic) bond motifs is 1. The minimum Gasteiger partial charge on any atom is -0.480 e. The number of hydrogen-bond donors (Lipinski definition) is 2. The minimum atomic E-state index is -1.22. The van der Waals surface area contributed by atoms with Crippen LogP contribution in [0.4, 0.5) is 0 Å². The molecule has 25 heavy (non-hydrogen) atoms. The number of esters is 1. The van der Waals surface area contributed by atoms with Gasteiger partial charge in [0.1, 0.15) is 11.7 Å². The molecule has 2 aromatic rings. The second-order valence-corrected chi connectivity index (χ2v) is 5.64. The molecule has 0 radical (unpaired) electrons. The predicted molar refractivity (Wildman–Crippen MR) is 91.0 cm³/mol. The van der Waals surface area contributed by atoms with Crippen molar-refractivity contribution in [1.29, 1.82) is 0 Å². The van der Waals surface area contributed by atoms with Crippen LogP contribution in [0.2, 0.25) is 0 Å². The maximum absolute atomic E-state index is 12.3. The van der Waals surface area contributed by atoms with E-state index in [1.54, 1.807) is 32.0 Å². The Morgan fingerprint density at radius 2 is 1.92 bits per heavy atom. The predicted octanol–water partition coefficient (Wildman–Crippen LogP) is 2.01. The van der Waals surface area contributed by atoms with Gasteiger partial charge in [-0.25, -0.2) is 9.78 Å². The molecule has 0 spiro atoms. The van der Waals surface area contributed by atoms with Crippen molar-refractivity contribution < 1.29 is 24.2 Å². The summed E-state index contributed by atoms with van der Waals surface area (Å²) >= 11 is 0. The molecular weight excluding hydrogens is 324 g/mol. The van der Waals surface area contributed by atoms with Crippen LogP contribution >= 0.6 is 0 Å². The number of hydrogen-bond acceptors (Lipinski definition) is 5. The van der Waals surface area contributed by atoms with Gasteiger partial charge in [0.05, 0.1) is 18.0 Å². The van der Waals surface area contributed by atoms with Gasteiger partial charge in [0, 0.05) is 5.39 Å². The Labute approximate surface area is 145 Å². The van der Waals surface area contributed by atoms with Gasteiger partial charge in [-0.15, -0.1) is 0 Å². The first-order valence-electron chi connectivity index (χ1n) is 7.98. The molecule has 0 aliphatic rings. The lowest BCUT2D eigenvalue weighted by molar-refractivity contribution is -0.148. The summed E-state index contributed by atoms with van der Waals surface area (Å²) in [6.07, 6.45) is -0.0620. The summed E-state index contributed by atoms with van der Waals surface area (Å²) in [4.78, 5) is 39.6. The number of carboxylic acid groups (broad SMARTS) is 1. The normalized spacial score (nSPS) is 13.0. The van der Waals surface area contributed by atoms with Crippen molar-refractivity contribution in [2.75, 3.05) is 6.61 Å². The summed E-state index contributed by atoms with van der Waals surface area (Å²) < 4.78 is 4.87. The highest BCUT2D eigenvalue weighted by atomic mass is 16.5. The molecule has 0 aliphatic heterocycles. The Bertz CT molecular complexity index is 790. The van der Waals surface area contributed by atoms with Crippen molar-refractivity contribution in [3.8, 4) is 0 Å². The maximum Gasteiger partial charge on any atom is 0.326 e. The number of carbonyl (C=O) groups is 3. The van der Waals surface area contributed by atoms with E-state index in [4.69, 9.17) is 4.74 Å². The largest absolute Gasteiger partial charge is 0.480 e. The van der Waals surface area contributed by atoms with E-state index in [1.807, 2.05) is 12.1 Å². The summed E-state index contributed by atoms with van der Waals surface area (Å²) in [7, 11) is 0. The van der Waals surface area contributed by atoms with Crippen molar-refractivity contribution in [3.05, 3.63) is 42.1 Å². The first-order chi connectivity index (χ1) is 11.9. The lowest BCUT2D eigenvalue weighted by atomic mass is 10.0. The van der Waals surface area contributed by atoms with Crippen LogP contribution in [0.25, 0.3) is 10.9 Å². The molecule has 1 heterocycles. The summed E-state index contributed by atoms with van der Waals surface area (Å²) in [5.74, 6) is -2.96. The highest BCUT2D eigenvalue weighted by molar-refractivity contribution is 5.97. The van der Waals surface area contributed by atoms with Gasteiger partial charge in [0.25, 0.3) is 5.91 Å². The third kappa shape index (κ3) is 4.76. The number of carbonyl (C=O) groups excluding carboxylic acids is 2. The van der Waals surface area contributed by atoms with Crippen LogP contribution in [0.3, 0.4) is 0 Å². The number of amides is 1. The monoisotopic (exact) mass is 344 g/mol. The van der Waals surface area contributed by atoms with Gasteiger partial charge in [0.2, 0.25) is 0 Å². The lowest BCUT2D eigenvalue weighted by Crippen LogP contribution is -2.43. The summed E-state index contributed by atoms with van der Waals surface area (Å²) in [6.45, 7) is 3.45. The number of benzene rings is 1. The summed E-state index contributed by atoms with van der Waals surface area (Å²) in [6, 6.07) is 9.37. The van der Waals surface area contributed by atoms with Crippen LogP contribution in [-0.2, 0) is 14.3 Å². The lowest BCUT2D eigenvalue weighted by Gasteiger charge is -2.18. The molecule has 1 aromatic heterocycles. The van der Waals surface area contributed by atoms with E-state index in [9.17, 15) is 19.5 Å². The summed E-state index contributed by atoms with van der Waals surface area (Å²) in [5, 5.41) is 12.6. The van der Waals surface area contributed by atoms with Gasteiger partial charge in [-0.2, -0.15) is 0 Å². The molecule has 0 bridgehead atoms. The molecule has 7 nitrogen and oxygen atoms in total. The van der Waals surface area contributed by atoms with Crippen molar-refractivity contribution in [3.63, 3.8) is 0 Å². The molecule has 1 aromatic carbocycles. The maximum atomic E-state index is 12.3. The smallest absolute Gasteiger partial charge is 0.326 e. The van der Waals surface area contributed by atoms with Crippen LogP contribution in [0.1, 0.15) is 30.8 Å². The Balaban J connectivity index is 2.10. The van der Waals surface area contributed by atoms with E-state index in [-0.39, 0.29) is 18.7 Å². The van der Waals surface area contributed by atoms with Crippen molar-refractivity contribution in [2.45, 2.75) is 26.3 Å².